The topological polar surface area (TPSA) is 64.7 Å². The van der Waals surface area contributed by atoms with E-state index in [-0.39, 0.29) is 17.9 Å². The maximum Gasteiger partial charge on any atom is 0.254 e. The second-order valence-electron chi connectivity index (χ2n) is 7.30. The lowest BCUT2D eigenvalue weighted by Crippen LogP contribution is -2.54. The summed E-state index contributed by atoms with van der Waals surface area (Å²) in [6.07, 6.45) is 3.37. The molecule has 1 aliphatic carbocycles. The Morgan fingerprint density at radius 3 is 2.15 bits per heavy atom. The Morgan fingerprint density at radius 2 is 1.54 bits per heavy atom. The van der Waals surface area contributed by atoms with Crippen LogP contribution in [0.2, 0.25) is 10.0 Å². The molecular formula is C18H22Cl2N4O2. The summed E-state index contributed by atoms with van der Waals surface area (Å²) < 4.78 is 0. The van der Waals surface area contributed by atoms with Gasteiger partial charge in [-0.05, 0) is 43.4 Å². The van der Waals surface area contributed by atoms with Crippen molar-refractivity contribution in [1.29, 1.82) is 0 Å². The summed E-state index contributed by atoms with van der Waals surface area (Å²) in [6.45, 7) is 2.12. The number of hydrogen-bond acceptors (Lipinski definition) is 4. The summed E-state index contributed by atoms with van der Waals surface area (Å²) >= 11 is 12.0. The molecule has 0 aromatic heterocycles. The van der Waals surface area contributed by atoms with Crippen molar-refractivity contribution < 1.29 is 9.59 Å². The summed E-state index contributed by atoms with van der Waals surface area (Å²) in [5.74, 6) is 0.744. The highest BCUT2D eigenvalue weighted by molar-refractivity contribution is 6.35. The third-order valence-corrected chi connectivity index (χ3v) is 5.85. The second kappa shape index (κ2) is 7.35. The zero-order valence-electron chi connectivity index (χ0n) is 14.4. The highest BCUT2D eigenvalue weighted by Crippen LogP contribution is 2.35. The number of carbonyl (C=O) groups is 2. The van der Waals surface area contributed by atoms with Crippen LogP contribution in [-0.4, -0.2) is 59.9 Å². The average molecular weight is 397 g/mol. The smallest absolute Gasteiger partial charge is 0.254 e. The molecule has 2 heterocycles. The van der Waals surface area contributed by atoms with Crippen molar-refractivity contribution in [3.8, 4) is 0 Å². The van der Waals surface area contributed by atoms with Gasteiger partial charge in [-0.3, -0.25) is 15.0 Å². The maximum absolute atomic E-state index is 12.7. The van der Waals surface area contributed by atoms with Gasteiger partial charge < -0.3 is 9.80 Å². The van der Waals surface area contributed by atoms with Crippen LogP contribution in [0.15, 0.2) is 18.2 Å². The first-order valence-corrected chi connectivity index (χ1v) is 9.82. The second-order valence-corrected chi connectivity index (χ2v) is 8.17. The van der Waals surface area contributed by atoms with Gasteiger partial charge in [0.1, 0.15) is 6.04 Å². The fourth-order valence-electron chi connectivity index (χ4n) is 3.76. The molecule has 0 spiro atoms. The number of piperazine rings is 1. The number of benzene rings is 1. The number of hydrogen-bond donors (Lipinski definition) is 2. The van der Waals surface area contributed by atoms with E-state index in [0.29, 0.717) is 47.8 Å². The van der Waals surface area contributed by atoms with Gasteiger partial charge in [-0.25, -0.2) is 5.43 Å². The summed E-state index contributed by atoms with van der Waals surface area (Å²) in [5, 5.41) is 0.888. The molecule has 0 bridgehead atoms. The normalized spacial score (nSPS) is 26.2. The molecule has 2 saturated heterocycles. The molecule has 4 rings (SSSR count). The van der Waals surface area contributed by atoms with E-state index in [1.165, 1.54) is 12.8 Å². The molecular weight excluding hydrogens is 375 g/mol. The Bertz CT molecular complexity index is 697. The Hall–Kier alpha value is -1.34. The summed E-state index contributed by atoms with van der Waals surface area (Å²) in [4.78, 5) is 29.0. The monoisotopic (exact) mass is 396 g/mol. The zero-order chi connectivity index (χ0) is 18.3. The Kier molecular flexibility index (Phi) is 5.10. The van der Waals surface area contributed by atoms with Gasteiger partial charge in [-0.2, -0.15) is 0 Å². The molecule has 2 atom stereocenters. The van der Waals surface area contributed by atoms with Crippen molar-refractivity contribution >= 4 is 35.0 Å². The van der Waals surface area contributed by atoms with E-state index in [0.717, 1.165) is 12.3 Å². The van der Waals surface area contributed by atoms with Crippen LogP contribution in [0.25, 0.3) is 0 Å². The first kappa shape index (κ1) is 18.0. The first-order valence-electron chi connectivity index (χ1n) is 9.06. The van der Waals surface area contributed by atoms with Gasteiger partial charge in [-0.15, -0.1) is 0 Å². The number of nitrogens with zero attached hydrogens (tertiary/aromatic N) is 2. The van der Waals surface area contributed by atoms with Crippen molar-refractivity contribution in [2.24, 2.45) is 5.92 Å². The number of hydrazine groups is 1. The predicted octanol–water partition coefficient (Wildman–Crippen LogP) is 1.92. The number of amides is 2. The molecule has 3 fully saturated rings. The fourth-order valence-corrected chi connectivity index (χ4v) is 4.29. The SMILES string of the molecule is O=C(c1cc(Cl)cc(Cl)c1)N1CCN(C(=O)C2CC(C3CC3)NN2)CC1. The van der Waals surface area contributed by atoms with Crippen LogP contribution in [-0.2, 0) is 4.79 Å². The highest BCUT2D eigenvalue weighted by Gasteiger charge is 2.40. The van der Waals surface area contributed by atoms with E-state index < -0.39 is 0 Å². The van der Waals surface area contributed by atoms with Gasteiger partial charge in [0.15, 0.2) is 0 Å². The molecule has 2 unspecified atom stereocenters. The molecule has 2 N–H and O–H groups in total. The predicted molar refractivity (Wildman–Crippen MR) is 100 cm³/mol. The number of rotatable bonds is 3. The highest BCUT2D eigenvalue weighted by atomic mass is 35.5. The van der Waals surface area contributed by atoms with E-state index >= 15 is 0 Å². The van der Waals surface area contributed by atoms with Crippen LogP contribution >= 0.6 is 23.2 Å². The quantitative estimate of drug-likeness (QED) is 0.818. The van der Waals surface area contributed by atoms with Crippen LogP contribution in [0.5, 0.6) is 0 Å². The van der Waals surface area contributed by atoms with Crippen LogP contribution in [0.1, 0.15) is 29.6 Å². The zero-order valence-corrected chi connectivity index (χ0v) is 15.9. The minimum absolute atomic E-state index is 0.101. The van der Waals surface area contributed by atoms with Crippen molar-refractivity contribution in [1.82, 2.24) is 20.7 Å². The molecule has 26 heavy (non-hydrogen) atoms. The number of carbonyl (C=O) groups excluding carboxylic acids is 2. The van der Waals surface area contributed by atoms with Crippen LogP contribution in [0.3, 0.4) is 0 Å². The van der Waals surface area contributed by atoms with E-state index in [9.17, 15) is 9.59 Å². The van der Waals surface area contributed by atoms with Gasteiger partial charge in [0.05, 0.1) is 0 Å². The van der Waals surface area contributed by atoms with Gasteiger partial charge in [0.25, 0.3) is 5.91 Å². The molecule has 3 aliphatic rings. The Labute approximate surface area is 162 Å². The molecule has 8 heteroatoms. The van der Waals surface area contributed by atoms with E-state index in [4.69, 9.17) is 23.2 Å². The molecule has 2 amide bonds. The standard InChI is InChI=1S/C18H22Cl2N4O2/c19-13-7-12(8-14(20)9-13)17(25)23-3-5-24(6-4-23)18(26)16-10-15(21-22-16)11-1-2-11/h7-9,11,15-16,21-22H,1-6,10H2. The van der Waals surface area contributed by atoms with Crippen LogP contribution < -0.4 is 10.9 Å². The van der Waals surface area contributed by atoms with Crippen LogP contribution in [0.4, 0.5) is 0 Å². The first-order chi connectivity index (χ1) is 12.5. The molecule has 6 nitrogen and oxygen atoms in total. The maximum atomic E-state index is 12.7. The van der Waals surface area contributed by atoms with E-state index in [2.05, 4.69) is 10.9 Å². The Morgan fingerprint density at radius 1 is 0.923 bits per heavy atom. The van der Waals surface area contributed by atoms with Crippen molar-refractivity contribution in [3.05, 3.63) is 33.8 Å². The minimum atomic E-state index is -0.158. The van der Waals surface area contributed by atoms with Crippen LogP contribution in [0, 0.1) is 5.92 Å². The molecule has 1 aromatic carbocycles. The average Bonchev–Trinajstić information content (AvgIpc) is 3.37. The summed E-state index contributed by atoms with van der Waals surface area (Å²) in [7, 11) is 0. The van der Waals surface area contributed by atoms with Gasteiger partial charge in [0.2, 0.25) is 5.91 Å². The van der Waals surface area contributed by atoms with Gasteiger partial charge >= 0.3 is 0 Å². The summed E-state index contributed by atoms with van der Waals surface area (Å²) in [6, 6.07) is 5.11. The number of halogens is 2. The van der Waals surface area contributed by atoms with Gasteiger partial charge in [-0.1, -0.05) is 23.2 Å². The van der Waals surface area contributed by atoms with E-state index in [1.54, 1.807) is 23.1 Å². The molecule has 2 aliphatic heterocycles. The van der Waals surface area contributed by atoms with Crippen molar-refractivity contribution in [2.45, 2.75) is 31.3 Å². The molecule has 1 aromatic rings. The van der Waals surface area contributed by atoms with Crippen molar-refractivity contribution in [2.75, 3.05) is 26.2 Å². The molecule has 0 radical (unpaired) electrons. The Balaban J connectivity index is 1.32. The fraction of sp³-hybridized carbons (Fsp3) is 0.556. The lowest BCUT2D eigenvalue weighted by molar-refractivity contribution is -0.134. The van der Waals surface area contributed by atoms with Gasteiger partial charge in [0, 0.05) is 47.8 Å². The molecule has 1 saturated carbocycles. The third-order valence-electron chi connectivity index (χ3n) is 5.41. The number of nitrogens with one attached hydrogen (secondary N) is 2. The van der Waals surface area contributed by atoms with Crippen molar-refractivity contribution in [3.63, 3.8) is 0 Å². The summed E-state index contributed by atoms with van der Waals surface area (Å²) in [5.41, 5.74) is 6.89. The minimum Gasteiger partial charge on any atom is -0.338 e. The van der Waals surface area contributed by atoms with E-state index in [1.807, 2.05) is 4.90 Å². The lowest BCUT2D eigenvalue weighted by atomic mass is 10.1. The third kappa shape index (κ3) is 3.83. The largest absolute Gasteiger partial charge is 0.338 e. The molecule has 140 valence electrons. The lowest BCUT2D eigenvalue weighted by Gasteiger charge is -2.36.